The number of benzene rings is 2. The number of imide groups is 2. The Balaban J connectivity index is 1.97. The summed E-state index contributed by atoms with van der Waals surface area (Å²) in [6.45, 7) is 3.61. The molecule has 0 unspecified atom stereocenters. The van der Waals surface area contributed by atoms with Crippen molar-refractivity contribution in [2.24, 2.45) is 0 Å². The number of hydrogen-bond donors (Lipinski definition) is 1. The molecule has 10 heteroatoms. The van der Waals surface area contributed by atoms with Crippen molar-refractivity contribution >= 4 is 47.2 Å². The summed E-state index contributed by atoms with van der Waals surface area (Å²) < 4.78 is 15.5. The molecule has 34 heavy (non-hydrogen) atoms. The highest BCUT2D eigenvalue weighted by Crippen LogP contribution is 2.37. The number of esters is 1. The first-order valence-electron chi connectivity index (χ1n) is 10.4. The van der Waals surface area contributed by atoms with Crippen LogP contribution in [-0.2, 0) is 25.5 Å². The largest absolute Gasteiger partial charge is 0.490 e. The number of carbonyl (C=O) groups excluding carboxylic acids is 4. The average molecular weight is 487 g/mol. The Morgan fingerprint density at radius 3 is 2.41 bits per heavy atom. The molecule has 0 aliphatic carbocycles. The lowest BCUT2D eigenvalue weighted by Crippen LogP contribution is -2.54. The van der Waals surface area contributed by atoms with Crippen LogP contribution in [0.3, 0.4) is 0 Å². The maximum absolute atomic E-state index is 13.1. The molecule has 0 spiro atoms. The van der Waals surface area contributed by atoms with Crippen molar-refractivity contribution < 1.29 is 33.4 Å². The minimum Gasteiger partial charge on any atom is -0.490 e. The van der Waals surface area contributed by atoms with Crippen LogP contribution in [0.2, 0.25) is 5.02 Å². The van der Waals surface area contributed by atoms with Crippen molar-refractivity contribution in [1.82, 2.24) is 5.32 Å². The first-order chi connectivity index (χ1) is 16.3. The fourth-order valence-electron chi connectivity index (χ4n) is 3.20. The molecule has 1 saturated heterocycles. The zero-order valence-corrected chi connectivity index (χ0v) is 19.6. The molecular weight excluding hydrogens is 464 g/mol. The van der Waals surface area contributed by atoms with Crippen molar-refractivity contribution in [1.29, 1.82) is 0 Å². The molecular formula is C24H23ClN2O7. The quantitative estimate of drug-likeness (QED) is 0.345. The van der Waals surface area contributed by atoms with Crippen LogP contribution >= 0.6 is 11.6 Å². The number of nitrogens with zero attached hydrogens (tertiary/aromatic N) is 1. The summed E-state index contributed by atoms with van der Waals surface area (Å²) in [5.41, 5.74) is 1.46. The van der Waals surface area contributed by atoms with Gasteiger partial charge in [-0.2, -0.15) is 0 Å². The number of methoxy groups -OCH3 is 1. The lowest BCUT2D eigenvalue weighted by atomic mass is 10.1. The summed E-state index contributed by atoms with van der Waals surface area (Å²) in [6, 6.07) is 9.00. The predicted molar refractivity (Wildman–Crippen MR) is 125 cm³/mol. The van der Waals surface area contributed by atoms with Gasteiger partial charge in [0.1, 0.15) is 5.57 Å². The molecule has 1 N–H and O–H groups in total. The van der Waals surface area contributed by atoms with Gasteiger partial charge < -0.3 is 14.2 Å². The van der Waals surface area contributed by atoms with Gasteiger partial charge in [0.15, 0.2) is 18.1 Å². The molecule has 2 aromatic carbocycles. The van der Waals surface area contributed by atoms with Crippen LogP contribution in [0.15, 0.2) is 42.0 Å². The molecule has 9 nitrogen and oxygen atoms in total. The van der Waals surface area contributed by atoms with Gasteiger partial charge in [-0.05, 0) is 54.8 Å². The van der Waals surface area contributed by atoms with Gasteiger partial charge in [0.05, 0.1) is 24.4 Å². The van der Waals surface area contributed by atoms with E-state index in [1.165, 1.54) is 25.3 Å². The molecule has 178 valence electrons. The normalized spacial score (nSPS) is 14.8. The van der Waals surface area contributed by atoms with E-state index in [2.05, 4.69) is 10.1 Å². The third-order valence-electron chi connectivity index (χ3n) is 4.91. The lowest BCUT2D eigenvalue weighted by Gasteiger charge is -2.26. The van der Waals surface area contributed by atoms with E-state index in [0.29, 0.717) is 11.3 Å². The van der Waals surface area contributed by atoms with E-state index in [9.17, 15) is 19.2 Å². The molecule has 4 amide bonds. The number of aryl methyl sites for hydroxylation is 1. The van der Waals surface area contributed by atoms with E-state index in [1.54, 1.807) is 31.2 Å². The Kier molecular flexibility index (Phi) is 7.91. The van der Waals surface area contributed by atoms with Gasteiger partial charge in [-0.1, -0.05) is 30.7 Å². The number of barbiturate groups is 1. The topological polar surface area (TPSA) is 111 Å². The zero-order valence-electron chi connectivity index (χ0n) is 18.8. The summed E-state index contributed by atoms with van der Waals surface area (Å²) >= 11 is 6.33. The number of nitrogens with one attached hydrogen (secondary N) is 1. The van der Waals surface area contributed by atoms with Crippen LogP contribution in [0.1, 0.15) is 25.0 Å². The van der Waals surface area contributed by atoms with Crippen molar-refractivity contribution in [2.45, 2.75) is 20.3 Å². The number of rotatable bonds is 8. The highest BCUT2D eigenvalue weighted by molar-refractivity contribution is 6.39. The molecule has 0 atom stereocenters. The monoisotopic (exact) mass is 486 g/mol. The maximum atomic E-state index is 13.1. The first-order valence-corrected chi connectivity index (χ1v) is 10.8. The van der Waals surface area contributed by atoms with Crippen LogP contribution in [0.25, 0.3) is 6.08 Å². The van der Waals surface area contributed by atoms with Gasteiger partial charge in [-0.15, -0.1) is 0 Å². The third-order valence-corrected chi connectivity index (χ3v) is 5.19. The van der Waals surface area contributed by atoms with Crippen LogP contribution < -0.4 is 19.7 Å². The molecule has 1 heterocycles. The molecule has 0 radical (unpaired) electrons. The number of amides is 4. The van der Waals surface area contributed by atoms with Gasteiger partial charge in [-0.3, -0.25) is 14.9 Å². The predicted octanol–water partition coefficient (Wildman–Crippen LogP) is 3.52. The molecule has 1 aliphatic rings. The Hall–Kier alpha value is -3.85. The van der Waals surface area contributed by atoms with E-state index in [4.69, 9.17) is 21.1 Å². The Morgan fingerprint density at radius 2 is 1.79 bits per heavy atom. The van der Waals surface area contributed by atoms with Crippen LogP contribution in [-0.4, -0.2) is 44.1 Å². The van der Waals surface area contributed by atoms with Crippen LogP contribution in [0.5, 0.6) is 11.5 Å². The van der Waals surface area contributed by atoms with Gasteiger partial charge in [0.2, 0.25) is 0 Å². The molecule has 0 saturated carbocycles. The average Bonchev–Trinajstić information content (AvgIpc) is 2.81. The van der Waals surface area contributed by atoms with Gasteiger partial charge in [0, 0.05) is 0 Å². The van der Waals surface area contributed by atoms with E-state index in [0.717, 1.165) is 16.9 Å². The van der Waals surface area contributed by atoms with E-state index < -0.39 is 23.8 Å². The molecule has 2 aromatic rings. The van der Waals surface area contributed by atoms with Crippen molar-refractivity contribution in [3.8, 4) is 11.5 Å². The number of hydrogen-bond acceptors (Lipinski definition) is 7. The summed E-state index contributed by atoms with van der Waals surface area (Å²) in [4.78, 5) is 50.3. The van der Waals surface area contributed by atoms with Gasteiger partial charge in [-0.25, -0.2) is 14.5 Å². The number of carbonyl (C=O) groups is 4. The second-order valence-electron chi connectivity index (χ2n) is 7.11. The Morgan fingerprint density at radius 1 is 1.09 bits per heavy atom. The number of anilines is 1. The smallest absolute Gasteiger partial charge is 0.343 e. The van der Waals surface area contributed by atoms with Crippen LogP contribution in [0, 0.1) is 0 Å². The highest BCUT2D eigenvalue weighted by Gasteiger charge is 2.36. The molecule has 1 aliphatic heterocycles. The van der Waals surface area contributed by atoms with Crippen LogP contribution in [0.4, 0.5) is 10.5 Å². The number of halogens is 1. The van der Waals surface area contributed by atoms with Gasteiger partial charge >= 0.3 is 12.0 Å². The maximum Gasteiger partial charge on any atom is 0.343 e. The zero-order chi connectivity index (χ0) is 24.8. The van der Waals surface area contributed by atoms with Gasteiger partial charge in [0.25, 0.3) is 11.8 Å². The third kappa shape index (κ3) is 5.37. The standard InChI is InChI=1S/C24H23ClN2O7/c1-4-14-6-8-16(9-7-14)27-23(30)17(22(29)26-24(27)31)10-15-11-18(25)21(19(12-15)33-5-2)34-13-20(28)32-3/h6-12H,4-5,13H2,1-3H3,(H,26,29,31)/b17-10-. The van der Waals surface area contributed by atoms with Crippen molar-refractivity contribution in [3.05, 3.63) is 58.1 Å². The minimum absolute atomic E-state index is 0.0912. The fourth-order valence-corrected chi connectivity index (χ4v) is 3.48. The lowest BCUT2D eigenvalue weighted by molar-refractivity contribution is -0.143. The number of urea groups is 1. The van der Waals surface area contributed by atoms with Crippen molar-refractivity contribution in [2.75, 3.05) is 25.2 Å². The Labute approximate surface area is 201 Å². The fraction of sp³-hybridized carbons (Fsp3) is 0.250. The van der Waals surface area contributed by atoms with E-state index in [-0.39, 0.29) is 35.3 Å². The van der Waals surface area contributed by atoms with Crippen molar-refractivity contribution in [3.63, 3.8) is 0 Å². The molecule has 3 rings (SSSR count). The molecule has 0 bridgehead atoms. The highest BCUT2D eigenvalue weighted by atomic mass is 35.5. The minimum atomic E-state index is -0.837. The van der Waals surface area contributed by atoms with E-state index >= 15 is 0 Å². The Bertz CT molecular complexity index is 1160. The summed E-state index contributed by atoms with van der Waals surface area (Å²) in [5, 5.41) is 2.27. The molecule has 1 fully saturated rings. The second kappa shape index (κ2) is 10.8. The molecule has 0 aromatic heterocycles. The SMILES string of the molecule is CCOc1cc(/C=C2/C(=O)NC(=O)N(c3ccc(CC)cc3)C2=O)cc(Cl)c1OCC(=O)OC. The summed E-state index contributed by atoms with van der Waals surface area (Å²) in [6.07, 6.45) is 2.10. The van der Waals surface area contributed by atoms with E-state index in [1.807, 2.05) is 6.92 Å². The number of ether oxygens (including phenoxy) is 3. The summed E-state index contributed by atoms with van der Waals surface area (Å²) in [7, 11) is 1.23. The second-order valence-corrected chi connectivity index (χ2v) is 7.51. The first kappa shape index (κ1) is 24.8. The summed E-state index contributed by atoms with van der Waals surface area (Å²) in [5.74, 6) is -1.90.